The Morgan fingerprint density at radius 3 is 2.84 bits per heavy atom. The number of benzene rings is 1. The molecule has 1 heteroatoms. The van der Waals surface area contributed by atoms with Gasteiger partial charge < -0.3 is 5.32 Å². The highest BCUT2D eigenvalue weighted by molar-refractivity contribution is 5.30. The SMILES string of the molecule is Cc1ccc(C)c(CNCCC2CCCC(C)C2)c1. The molecule has 0 bridgehead atoms. The predicted octanol–water partition coefficient (Wildman–Crippen LogP) is 4.61. The molecule has 0 radical (unpaired) electrons. The Kier molecular flexibility index (Phi) is 5.45. The van der Waals surface area contributed by atoms with Gasteiger partial charge >= 0.3 is 0 Å². The highest BCUT2D eigenvalue weighted by atomic mass is 14.8. The Morgan fingerprint density at radius 2 is 2.05 bits per heavy atom. The van der Waals surface area contributed by atoms with Gasteiger partial charge in [-0.05, 0) is 56.2 Å². The maximum absolute atomic E-state index is 3.63. The summed E-state index contributed by atoms with van der Waals surface area (Å²) in [6.45, 7) is 8.99. The lowest BCUT2D eigenvalue weighted by Gasteiger charge is -2.26. The minimum atomic E-state index is 0.956. The average Bonchev–Trinajstić information content (AvgIpc) is 2.39. The van der Waals surface area contributed by atoms with Crippen molar-refractivity contribution in [3.8, 4) is 0 Å². The lowest BCUT2D eigenvalue weighted by atomic mass is 9.81. The highest BCUT2D eigenvalue weighted by Gasteiger charge is 2.18. The summed E-state index contributed by atoms with van der Waals surface area (Å²) in [5.41, 5.74) is 4.23. The summed E-state index contributed by atoms with van der Waals surface area (Å²) < 4.78 is 0. The van der Waals surface area contributed by atoms with Crippen molar-refractivity contribution in [3.63, 3.8) is 0 Å². The number of rotatable bonds is 5. The first kappa shape index (κ1) is 14.6. The van der Waals surface area contributed by atoms with E-state index in [1.165, 1.54) is 55.3 Å². The number of hydrogen-bond acceptors (Lipinski definition) is 1. The summed E-state index contributed by atoms with van der Waals surface area (Å²) in [4.78, 5) is 0. The van der Waals surface area contributed by atoms with Crippen molar-refractivity contribution >= 4 is 0 Å². The third-order valence-corrected chi connectivity index (χ3v) is 4.59. The second-order valence-electron chi connectivity index (χ2n) is 6.53. The van der Waals surface area contributed by atoms with E-state index in [0.29, 0.717) is 0 Å². The summed E-state index contributed by atoms with van der Waals surface area (Å²) in [6.07, 6.45) is 7.16. The Bertz CT molecular complexity index is 397. The van der Waals surface area contributed by atoms with Crippen LogP contribution in [-0.2, 0) is 6.54 Å². The molecule has 2 atom stereocenters. The Morgan fingerprint density at radius 1 is 1.21 bits per heavy atom. The van der Waals surface area contributed by atoms with Crippen LogP contribution >= 0.6 is 0 Å². The Hall–Kier alpha value is -0.820. The molecule has 1 aromatic carbocycles. The topological polar surface area (TPSA) is 12.0 Å². The van der Waals surface area contributed by atoms with Crippen LogP contribution in [0.25, 0.3) is 0 Å². The lowest BCUT2D eigenvalue weighted by molar-refractivity contribution is 0.267. The standard InChI is InChI=1S/C18H29N/c1-14-5-4-6-17(11-14)9-10-19-13-18-12-15(2)7-8-16(18)3/h7-8,12,14,17,19H,4-6,9-11,13H2,1-3H3. The van der Waals surface area contributed by atoms with Gasteiger partial charge in [-0.1, -0.05) is 49.9 Å². The highest BCUT2D eigenvalue weighted by Crippen LogP contribution is 2.30. The molecule has 0 aromatic heterocycles. The fraction of sp³-hybridized carbons (Fsp3) is 0.667. The zero-order valence-electron chi connectivity index (χ0n) is 12.8. The maximum Gasteiger partial charge on any atom is 0.0208 e. The van der Waals surface area contributed by atoms with Gasteiger partial charge in [0.15, 0.2) is 0 Å². The van der Waals surface area contributed by atoms with Gasteiger partial charge in [0, 0.05) is 6.54 Å². The molecule has 1 aromatic rings. The predicted molar refractivity (Wildman–Crippen MR) is 83.4 cm³/mol. The molecule has 1 saturated carbocycles. The van der Waals surface area contributed by atoms with Crippen LogP contribution in [-0.4, -0.2) is 6.54 Å². The molecule has 0 heterocycles. The van der Waals surface area contributed by atoms with Gasteiger partial charge in [-0.15, -0.1) is 0 Å². The van der Waals surface area contributed by atoms with Crippen LogP contribution in [0.4, 0.5) is 0 Å². The smallest absolute Gasteiger partial charge is 0.0208 e. The van der Waals surface area contributed by atoms with Crippen LogP contribution in [0.1, 0.15) is 55.7 Å². The molecule has 0 saturated heterocycles. The van der Waals surface area contributed by atoms with E-state index in [-0.39, 0.29) is 0 Å². The van der Waals surface area contributed by atoms with Crippen LogP contribution in [0.2, 0.25) is 0 Å². The van der Waals surface area contributed by atoms with Crippen LogP contribution in [0, 0.1) is 25.7 Å². The van der Waals surface area contributed by atoms with Gasteiger partial charge in [-0.3, -0.25) is 0 Å². The summed E-state index contributed by atoms with van der Waals surface area (Å²) in [6, 6.07) is 6.74. The molecule has 106 valence electrons. The van der Waals surface area contributed by atoms with Gasteiger partial charge in [0.1, 0.15) is 0 Å². The van der Waals surface area contributed by atoms with Crippen LogP contribution < -0.4 is 5.32 Å². The zero-order valence-corrected chi connectivity index (χ0v) is 12.8. The minimum absolute atomic E-state index is 0.956. The van der Waals surface area contributed by atoms with E-state index in [9.17, 15) is 0 Å². The average molecular weight is 259 g/mol. The largest absolute Gasteiger partial charge is 0.313 e. The third kappa shape index (κ3) is 4.65. The normalized spacial score (nSPS) is 23.5. The van der Waals surface area contributed by atoms with Gasteiger partial charge in [0.2, 0.25) is 0 Å². The molecular formula is C18H29N. The van der Waals surface area contributed by atoms with Crippen molar-refractivity contribution in [2.45, 2.75) is 59.4 Å². The van der Waals surface area contributed by atoms with Crippen molar-refractivity contribution in [2.75, 3.05) is 6.54 Å². The second-order valence-corrected chi connectivity index (χ2v) is 6.53. The maximum atomic E-state index is 3.63. The molecular weight excluding hydrogens is 230 g/mol. The Balaban J connectivity index is 1.70. The molecule has 1 fully saturated rings. The lowest BCUT2D eigenvalue weighted by Crippen LogP contribution is -2.21. The molecule has 0 amide bonds. The van der Waals surface area contributed by atoms with Gasteiger partial charge in [0.05, 0.1) is 0 Å². The molecule has 1 aliphatic rings. The van der Waals surface area contributed by atoms with Crippen molar-refractivity contribution in [3.05, 3.63) is 34.9 Å². The summed E-state index contributed by atoms with van der Waals surface area (Å²) in [5.74, 6) is 1.92. The van der Waals surface area contributed by atoms with E-state index >= 15 is 0 Å². The van der Waals surface area contributed by atoms with Gasteiger partial charge in [-0.25, -0.2) is 0 Å². The number of hydrogen-bond donors (Lipinski definition) is 1. The van der Waals surface area contributed by atoms with Crippen LogP contribution in [0.3, 0.4) is 0 Å². The van der Waals surface area contributed by atoms with E-state index in [4.69, 9.17) is 0 Å². The minimum Gasteiger partial charge on any atom is -0.313 e. The molecule has 1 N–H and O–H groups in total. The number of nitrogens with one attached hydrogen (secondary N) is 1. The van der Waals surface area contributed by atoms with Gasteiger partial charge in [0.25, 0.3) is 0 Å². The Labute approximate surface area is 118 Å². The summed E-state index contributed by atoms with van der Waals surface area (Å²) >= 11 is 0. The fourth-order valence-electron chi connectivity index (χ4n) is 3.34. The van der Waals surface area contributed by atoms with E-state index in [1.807, 2.05) is 0 Å². The molecule has 1 aliphatic carbocycles. The first-order chi connectivity index (χ1) is 9.15. The molecule has 2 unspecified atom stereocenters. The van der Waals surface area contributed by atoms with Crippen LogP contribution in [0.5, 0.6) is 0 Å². The second kappa shape index (κ2) is 7.09. The van der Waals surface area contributed by atoms with E-state index in [0.717, 1.165) is 18.4 Å². The molecule has 0 aliphatic heterocycles. The quantitative estimate of drug-likeness (QED) is 0.761. The first-order valence-corrected chi connectivity index (χ1v) is 7.92. The van der Waals surface area contributed by atoms with Crippen molar-refractivity contribution in [1.29, 1.82) is 0 Å². The van der Waals surface area contributed by atoms with Crippen molar-refractivity contribution < 1.29 is 0 Å². The molecule has 19 heavy (non-hydrogen) atoms. The van der Waals surface area contributed by atoms with Crippen molar-refractivity contribution in [2.24, 2.45) is 11.8 Å². The fourth-order valence-corrected chi connectivity index (χ4v) is 3.34. The monoisotopic (exact) mass is 259 g/mol. The van der Waals surface area contributed by atoms with E-state index in [2.05, 4.69) is 44.3 Å². The zero-order chi connectivity index (χ0) is 13.7. The van der Waals surface area contributed by atoms with Gasteiger partial charge in [-0.2, -0.15) is 0 Å². The number of aryl methyl sites for hydroxylation is 2. The summed E-state index contributed by atoms with van der Waals surface area (Å²) in [5, 5.41) is 3.63. The molecule has 1 nitrogen and oxygen atoms in total. The third-order valence-electron chi connectivity index (χ3n) is 4.59. The first-order valence-electron chi connectivity index (χ1n) is 7.92. The molecule has 2 rings (SSSR count). The van der Waals surface area contributed by atoms with Crippen LogP contribution in [0.15, 0.2) is 18.2 Å². The van der Waals surface area contributed by atoms with Crippen molar-refractivity contribution in [1.82, 2.24) is 5.32 Å². The molecule has 0 spiro atoms. The van der Waals surface area contributed by atoms with E-state index in [1.54, 1.807) is 0 Å². The summed E-state index contributed by atoms with van der Waals surface area (Å²) in [7, 11) is 0. The van der Waals surface area contributed by atoms with E-state index < -0.39 is 0 Å².